The summed E-state index contributed by atoms with van der Waals surface area (Å²) in [5.74, 6) is 0.948. The maximum atomic E-state index is 4.62. The quantitative estimate of drug-likeness (QED) is 0.799. The Bertz CT molecular complexity index is 278. The first-order chi connectivity index (χ1) is 6.29. The van der Waals surface area contributed by atoms with Gasteiger partial charge in [0.25, 0.3) is 0 Å². The molecular formula is C10H16N2S. The van der Waals surface area contributed by atoms with Gasteiger partial charge in [-0.25, -0.2) is 4.98 Å². The van der Waals surface area contributed by atoms with Crippen molar-refractivity contribution in [1.29, 1.82) is 0 Å². The van der Waals surface area contributed by atoms with Gasteiger partial charge in [0.15, 0.2) is 0 Å². The smallest absolute Gasteiger partial charge is 0.0931 e. The van der Waals surface area contributed by atoms with Gasteiger partial charge in [-0.2, -0.15) is 0 Å². The Morgan fingerprint density at radius 3 is 3.08 bits per heavy atom. The van der Waals surface area contributed by atoms with Crippen LogP contribution in [0.5, 0.6) is 0 Å². The number of rotatable bonds is 4. The van der Waals surface area contributed by atoms with Crippen LogP contribution in [0.2, 0.25) is 0 Å². The van der Waals surface area contributed by atoms with Gasteiger partial charge in [-0.05, 0) is 32.7 Å². The summed E-state index contributed by atoms with van der Waals surface area (Å²) in [6.07, 6.45) is 4.04. The average molecular weight is 196 g/mol. The summed E-state index contributed by atoms with van der Waals surface area (Å²) in [5.41, 5.74) is 1.20. The average Bonchev–Trinajstić information content (AvgIpc) is 2.81. The molecule has 1 unspecified atom stereocenters. The van der Waals surface area contributed by atoms with E-state index >= 15 is 0 Å². The van der Waals surface area contributed by atoms with Gasteiger partial charge < -0.3 is 5.32 Å². The van der Waals surface area contributed by atoms with E-state index in [1.165, 1.54) is 30.0 Å². The van der Waals surface area contributed by atoms with Crippen molar-refractivity contribution >= 4 is 11.3 Å². The van der Waals surface area contributed by atoms with Crippen LogP contribution in [0.3, 0.4) is 0 Å². The molecule has 1 N–H and O–H groups in total. The van der Waals surface area contributed by atoms with Gasteiger partial charge >= 0.3 is 0 Å². The zero-order valence-corrected chi connectivity index (χ0v) is 9.03. The molecular weight excluding hydrogens is 180 g/mol. The summed E-state index contributed by atoms with van der Waals surface area (Å²) in [5, 5.41) is 6.71. The van der Waals surface area contributed by atoms with Gasteiger partial charge in [0.2, 0.25) is 0 Å². The van der Waals surface area contributed by atoms with Gasteiger partial charge in [-0.3, -0.25) is 0 Å². The van der Waals surface area contributed by atoms with E-state index in [0.29, 0.717) is 6.04 Å². The number of aromatic nitrogens is 1. The zero-order valence-electron chi connectivity index (χ0n) is 8.21. The Kier molecular flexibility index (Phi) is 2.65. The number of nitrogens with zero attached hydrogens (tertiary/aromatic N) is 1. The van der Waals surface area contributed by atoms with E-state index in [4.69, 9.17) is 0 Å². The molecule has 2 nitrogen and oxygen atoms in total. The van der Waals surface area contributed by atoms with Crippen molar-refractivity contribution in [1.82, 2.24) is 10.3 Å². The van der Waals surface area contributed by atoms with E-state index < -0.39 is 0 Å². The lowest BCUT2D eigenvalue weighted by Crippen LogP contribution is -2.12. The van der Waals surface area contributed by atoms with Crippen LogP contribution in [0.25, 0.3) is 0 Å². The van der Waals surface area contributed by atoms with Crippen LogP contribution in [-0.2, 0) is 6.42 Å². The fourth-order valence-electron chi connectivity index (χ4n) is 1.33. The first kappa shape index (κ1) is 9.16. The second-order valence-electron chi connectivity index (χ2n) is 3.82. The monoisotopic (exact) mass is 196 g/mol. The van der Waals surface area contributed by atoms with Crippen molar-refractivity contribution in [2.24, 2.45) is 5.92 Å². The van der Waals surface area contributed by atoms with E-state index in [2.05, 4.69) is 22.6 Å². The molecule has 2 rings (SSSR count). The summed E-state index contributed by atoms with van der Waals surface area (Å²) in [4.78, 5) is 4.62. The first-order valence-corrected chi connectivity index (χ1v) is 5.79. The predicted octanol–water partition coefficient (Wildman–Crippen LogP) is 2.38. The van der Waals surface area contributed by atoms with Crippen molar-refractivity contribution < 1.29 is 0 Å². The molecule has 1 heterocycles. The second-order valence-corrected chi connectivity index (χ2v) is 4.77. The van der Waals surface area contributed by atoms with Crippen LogP contribution < -0.4 is 5.32 Å². The molecule has 0 bridgehead atoms. The molecule has 0 amide bonds. The molecule has 1 aliphatic rings. The molecule has 1 aliphatic carbocycles. The molecule has 0 aromatic carbocycles. The highest BCUT2D eigenvalue weighted by molar-refractivity contribution is 7.09. The third kappa shape index (κ3) is 2.29. The molecule has 1 aromatic rings. The topological polar surface area (TPSA) is 24.9 Å². The lowest BCUT2D eigenvalue weighted by molar-refractivity contribution is 0.633. The number of thiazole rings is 1. The summed E-state index contributed by atoms with van der Waals surface area (Å²) in [6.45, 7) is 2.15. The molecule has 3 heteroatoms. The van der Waals surface area contributed by atoms with E-state index in [1.807, 2.05) is 18.4 Å². The van der Waals surface area contributed by atoms with Crippen LogP contribution in [0.4, 0.5) is 0 Å². The Morgan fingerprint density at radius 1 is 1.69 bits per heavy atom. The normalized spacial score (nSPS) is 18.9. The molecule has 1 aromatic heterocycles. The van der Waals surface area contributed by atoms with Crippen LogP contribution >= 0.6 is 11.3 Å². The minimum absolute atomic E-state index is 0.393. The van der Waals surface area contributed by atoms with Crippen molar-refractivity contribution in [3.05, 3.63) is 16.1 Å². The van der Waals surface area contributed by atoms with Crippen LogP contribution in [0.15, 0.2) is 5.38 Å². The van der Waals surface area contributed by atoms with Crippen LogP contribution in [0.1, 0.15) is 36.5 Å². The number of nitrogens with one attached hydrogen (secondary N) is 1. The van der Waals surface area contributed by atoms with E-state index in [9.17, 15) is 0 Å². The molecule has 0 aliphatic heterocycles. The molecule has 13 heavy (non-hydrogen) atoms. The molecule has 0 saturated heterocycles. The predicted molar refractivity (Wildman–Crippen MR) is 56.0 cm³/mol. The first-order valence-electron chi connectivity index (χ1n) is 4.91. The van der Waals surface area contributed by atoms with Gasteiger partial charge in [0.1, 0.15) is 0 Å². The van der Waals surface area contributed by atoms with E-state index in [-0.39, 0.29) is 0 Å². The molecule has 72 valence electrons. The summed E-state index contributed by atoms with van der Waals surface area (Å²) < 4.78 is 0. The van der Waals surface area contributed by atoms with Gasteiger partial charge in [-0.15, -0.1) is 11.3 Å². The van der Waals surface area contributed by atoms with Crippen molar-refractivity contribution in [3.8, 4) is 0 Å². The minimum atomic E-state index is 0.393. The zero-order chi connectivity index (χ0) is 9.26. The van der Waals surface area contributed by atoms with Gasteiger partial charge in [-0.1, -0.05) is 0 Å². The minimum Gasteiger partial charge on any atom is -0.312 e. The fraction of sp³-hybridized carbons (Fsp3) is 0.700. The van der Waals surface area contributed by atoms with Crippen LogP contribution in [0, 0.1) is 5.92 Å². The Balaban J connectivity index is 1.99. The van der Waals surface area contributed by atoms with E-state index in [1.54, 1.807) is 0 Å². The van der Waals surface area contributed by atoms with Crippen LogP contribution in [-0.4, -0.2) is 12.0 Å². The molecule has 1 fully saturated rings. The maximum absolute atomic E-state index is 4.62. The number of hydrogen-bond acceptors (Lipinski definition) is 3. The standard InChI is InChI=1S/C10H16N2S/c1-7(11-2)9-6-13-10(12-9)5-8-3-4-8/h6-8,11H,3-5H2,1-2H3. The van der Waals surface area contributed by atoms with Crippen molar-refractivity contribution in [2.45, 2.75) is 32.2 Å². The third-order valence-corrected chi connectivity index (χ3v) is 3.50. The SMILES string of the molecule is CNC(C)c1csc(CC2CC2)n1. The van der Waals surface area contributed by atoms with Gasteiger partial charge in [0, 0.05) is 17.8 Å². The highest BCUT2D eigenvalue weighted by atomic mass is 32.1. The Labute approximate surface area is 83.4 Å². The number of hydrogen-bond donors (Lipinski definition) is 1. The third-order valence-electron chi connectivity index (χ3n) is 2.61. The highest BCUT2D eigenvalue weighted by Crippen LogP contribution is 2.33. The largest absolute Gasteiger partial charge is 0.312 e. The molecule has 1 atom stereocenters. The van der Waals surface area contributed by atoms with Crippen molar-refractivity contribution in [3.63, 3.8) is 0 Å². The Hall–Kier alpha value is -0.410. The van der Waals surface area contributed by atoms with Crippen molar-refractivity contribution in [2.75, 3.05) is 7.05 Å². The second kappa shape index (κ2) is 3.76. The van der Waals surface area contributed by atoms with E-state index in [0.717, 1.165) is 5.92 Å². The molecule has 0 spiro atoms. The summed E-state index contributed by atoms with van der Waals surface area (Å²) in [7, 11) is 1.98. The van der Waals surface area contributed by atoms with Gasteiger partial charge in [0.05, 0.1) is 10.7 Å². The lowest BCUT2D eigenvalue weighted by atomic mass is 10.2. The summed E-state index contributed by atoms with van der Waals surface area (Å²) in [6, 6.07) is 0.393. The fourth-order valence-corrected chi connectivity index (χ4v) is 2.34. The Morgan fingerprint density at radius 2 is 2.46 bits per heavy atom. The maximum Gasteiger partial charge on any atom is 0.0931 e. The lowest BCUT2D eigenvalue weighted by Gasteiger charge is -2.04. The molecule has 0 radical (unpaired) electrons. The highest BCUT2D eigenvalue weighted by Gasteiger charge is 2.23. The summed E-state index contributed by atoms with van der Waals surface area (Å²) >= 11 is 1.81. The molecule has 1 saturated carbocycles.